The van der Waals surface area contributed by atoms with E-state index in [0.29, 0.717) is 12.0 Å². The Kier molecular flexibility index (Phi) is 2.12. The van der Waals surface area contributed by atoms with Crippen molar-refractivity contribution >= 4 is 5.95 Å². The van der Waals surface area contributed by atoms with E-state index in [1.54, 1.807) is 0 Å². The van der Waals surface area contributed by atoms with E-state index in [0.717, 1.165) is 13.0 Å². The summed E-state index contributed by atoms with van der Waals surface area (Å²) in [6.07, 6.45) is 4.72. The highest BCUT2D eigenvalue weighted by Crippen LogP contribution is 2.24. The Morgan fingerprint density at radius 2 is 2.23 bits per heavy atom. The SMILES string of the molecule is CCC1CCN1c1ncc(F)cn1. The predicted molar refractivity (Wildman–Crippen MR) is 48.0 cm³/mol. The van der Waals surface area contributed by atoms with Gasteiger partial charge in [0, 0.05) is 12.6 Å². The molecule has 1 aromatic rings. The molecule has 1 unspecified atom stereocenters. The summed E-state index contributed by atoms with van der Waals surface area (Å²) < 4.78 is 12.5. The summed E-state index contributed by atoms with van der Waals surface area (Å²) in [5, 5.41) is 0. The number of aromatic nitrogens is 2. The van der Waals surface area contributed by atoms with Crippen LogP contribution in [0.3, 0.4) is 0 Å². The lowest BCUT2D eigenvalue weighted by molar-refractivity contribution is 0.427. The van der Waals surface area contributed by atoms with Gasteiger partial charge in [-0.3, -0.25) is 0 Å². The van der Waals surface area contributed by atoms with Crippen LogP contribution in [0.4, 0.5) is 10.3 Å². The zero-order valence-corrected chi connectivity index (χ0v) is 7.57. The maximum absolute atomic E-state index is 12.5. The number of rotatable bonds is 2. The molecule has 4 heteroatoms. The van der Waals surface area contributed by atoms with Gasteiger partial charge < -0.3 is 4.90 Å². The van der Waals surface area contributed by atoms with E-state index >= 15 is 0 Å². The molecule has 1 aromatic heterocycles. The summed E-state index contributed by atoms with van der Waals surface area (Å²) in [6.45, 7) is 3.13. The van der Waals surface area contributed by atoms with E-state index in [2.05, 4.69) is 21.8 Å². The Hall–Kier alpha value is -1.19. The smallest absolute Gasteiger partial charge is 0.225 e. The molecule has 0 amide bonds. The van der Waals surface area contributed by atoms with Crippen molar-refractivity contribution in [2.75, 3.05) is 11.4 Å². The highest BCUT2D eigenvalue weighted by molar-refractivity contribution is 5.34. The van der Waals surface area contributed by atoms with E-state index in [1.807, 2.05) is 0 Å². The molecule has 0 radical (unpaired) electrons. The van der Waals surface area contributed by atoms with Crippen LogP contribution in [0.5, 0.6) is 0 Å². The van der Waals surface area contributed by atoms with Crippen molar-refractivity contribution in [1.82, 2.24) is 9.97 Å². The summed E-state index contributed by atoms with van der Waals surface area (Å²) >= 11 is 0. The Balaban J connectivity index is 2.12. The molecule has 1 aliphatic rings. The van der Waals surface area contributed by atoms with Gasteiger partial charge in [-0.2, -0.15) is 0 Å². The minimum atomic E-state index is -0.377. The van der Waals surface area contributed by atoms with Crippen molar-refractivity contribution in [3.63, 3.8) is 0 Å². The Labute approximate surface area is 76.6 Å². The van der Waals surface area contributed by atoms with Gasteiger partial charge in [0.05, 0.1) is 12.4 Å². The van der Waals surface area contributed by atoms with Gasteiger partial charge in [0.25, 0.3) is 0 Å². The Morgan fingerprint density at radius 3 is 2.69 bits per heavy atom. The zero-order valence-electron chi connectivity index (χ0n) is 7.57. The van der Waals surface area contributed by atoms with Crippen molar-refractivity contribution in [3.8, 4) is 0 Å². The van der Waals surface area contributed by atoms with E-state index < -0.39 is 0 Å². The lowest BCUT2D eigenvalue weighted by atomic mass is 10.0. The van der Waals surface area contributed by atoms with Crippen molar-refractivity contribution < 1.29 is 4.39 Å². The number of halogens is 1. The third kappa shape index (κ3) is 1.48. The lowest BCUT2D eigenvalue weighted by Gasteiger charge is -2.40. The molecule has 0 spiro atoms. The lowest BCUT2D eigenvalue weighted by Crippen LogP contribution is -2.48. The Morgan fingerprint density at radius 1 is 1.54 bits per heavy atom. The quantitative estimate of drug-likeness (QED) is 0.694. The molecule has 1 saturated heterocycles. The first-order chi connectivity index (χ1) is 6.31. The molecule has 0 aromatic carbocycles. The van der Waals surface area contributed by atoms with Crippen molar-refractivity contribution in [2.24, 2.45) is 0 Å². The van der Waals surface area contributed by atoms with Crippen LogP contribution in [0.1, 0.15) is 19.8 Å². The molecular weight excluding hydrogens is 169 g/mol. The standard InChI is InChI=1S/C9H12FN3/c1-2-8-3-4-13(8)9-11-5-7(10)6-12-9/h5-6,8H,2-4H2,1H3. The van der Waals surface area contributed by atoms with Crippen LogP contribution in [0, 0.1) is 5.82 Å². The average Bonchev–Trinajstić information content (AvgIpc) is 2.08. The minimum absolute atomic E-state index is 0.377. The minimum Gasteiger partial charge on any atom is -0.338 e. The second-order valence-electron chi connectivity index (χ2n) is 3.25. The summed E-state index contributed by atoms with van der Waals surface area (Å²) in [5.74, 6) is 0.275. The number of hydrogen-bond acceptors (Lipinski definition) is 3. The van der Waals surface area contributed by atoms with E-state index in [-0.39, 0.29) is 5.82 Å². The molecule has 2 rings (SSSR count). The fourth-order valence-electron chi connectivity index (χ4n) is 1.58. The fourth-order valence-corrected chi connectivity index (χ4v) is 1.58. The predicted octanol–water partition coefficient (Wildman–Crippen LogP) is 1.60. The van der Waals surface area contributed by atoms with Crippen molar-refractivity contribution in [1.29, 1.82) is 0 Å². The van der Waals surface area contributed by atoms with Gasteiger partial charge in [-0.05, 0) is 12.8 Å². The second kappa shape index (κ2) is 3.28. The molecule has 0 saturated carbocycles. The molecule has 0 N–H and O–H groups in total. The van der Waals surface area contributed by atoms with Gasteiger partial charge in [-0.1, -0.05) is 6.92 Å². The second-order valence-corrected chi connectivity index (χ2v) is 3.25. The molecule has 0 aliphatic carbocycles. The van der Waals surface area contributed by atoms with Crippen LogP contribution in [-0.4, -0.2) is 22.6 Å². The molecule has 0 bridgehead atoms. The molecule has 1 atom stereocenters. The molecule has 1 aliphatic heterocycles. The number of anilines is 1. The van der Waals surface area contributed by atoms with Crippen LogP contribution < -0.4 is 4.90 Å². The first-order valence-corrected chi connectivity index (χ1v) is 4.55. The summed E-state index contributed by atoms with van der Waals surface area (Å²) in [4.78, 5) is 9.99. The van der Waals surface area contributed by atoms with Crippen LogP contribution in [0.15, 0.2) is 12.4 Å². The molecule has 13 heavy (non-hydrogen) atoms. The fraction of sp³-hybridized carbons (Fsp3) is 0.556. The van der Waals surface area contributed by atoms with Crippen molar-refractivity contribution in [3.05, 3.63) is 18.2 Å². The molecule has 3 nitrogen and oxygen atoms in total. The third-order valence-corrected chi connectivity index (χ3v) is 2.48. The van der Waals surface area contributed by atoms with Crippen LogP contribution >= 0.6 is 0 Å². The maximum atomic E-state index is 12.5. The molecule has 70 valence electrons. The van der Waals surface area contributed by atoms with Crippen LogP contribution in [0.2, 0.25) is 0 Å². The van der Waals surface area contributed by atoms with Crippen LogP contribution in [-0.2, 0) is 0 Å². The Bertz CT molecular complexity index is 283. The van der Waals surface area contributed by atoms with Gasteiger partial charge in [-0.15, -0.1) is 0 Å². The van der Waals surface area contributed by atoms with E-state index in [1.165, 1.54) is 18.8 Å². The van der Waals surface area contributed by atoms with Crippen molar-refractivity contribution in [2.45, 2.75) is 25.8 Å². The van der Waals surface area contributed by atoms with Gasteiger partial charge in [0.2, 0.25) is 5.95 Å². The summed E-state index contributed by atoms with van der Waals surface area (Å²) in [7, 11) is 0. The maximum Gasteiger partial charge on any atom is 0.225 e. The number of nitrogens with zero attached hydrogens (tertiary/aromatic N) is 3. The summed E-state index contributed by atoms with van der Waals surface area (Å²) in [6, 6.07) is 0.547. The molecule has 2 heterocycles. The average molecular weight is 181 g/mol. The first-order valence-electron chi connectivity index (χ1n) is 4.55. The highest BCUT2D eigenvalue weighted by Gasteiger charge is 2.27. The van der Waals surface area contributed by atoms with E-state index in [9.17, 15) is 4.39 Å². The zero-order chi connectivity index (χ0) is 9.26. The monoisotopic (exact) mass is 181 g/mol. The normalized spacial score (nSPS) is 21.4. The number of hydrogen-bond donors (Lipinski definition) is 0. The van der Waals surface area contributed by atoms with Gasteiger partial charge >= 0.3 is 0 Å². The first kappa shape index (κ1) is 8.41. The van der Waals surface area contributed by atoms with Gasteiger partial charge in [0.15, 0.2) is 5.82 Å². The highest BCUT2D eigenvalue weighted by atomic mass is 19.1. The van der Waals surface area contributed by atoms with Gasteiger partial charge in [0.1, 0.15) is 0 Å². The molecule has 1 fully saturated rings. The van der Waals surface area contributed by atoms with Crippen LogP contribution in [0.25, 0.3) is 0 Å². The largest absolute Gasteiger partial charge is 0.338 e. The third-order valence-electron chi connectivity index (χ3n) is 2.48. The topological polar surface area (TPSA) is 29.0 Å². The summed E-state index contributed by atoms with van der Waals surface area (Å²) in [5.41, 5.74) is 0. The van der Waals surface area contributed by atoms with E-state index in [4.69, 9.17) is 0 Å². The van der Waals surface area contributed by atoms with Gasteiger partial charge in [-0.25, -0.2) is 14.4 Å². The molecular formula is C9H12FN3.